The summed E-state index contributed by atoms with van der Waals surface area (Å²) < 4.78 is 2.53. The molecule has 2 nitrogen and oxygen atoms in total. The highest BCUT2D eigenvalue weighted by molar-refractivity contribution is 6.11. The second-order valence-corrected chi connectivity index (χ2v) is 19.6. The van der Waals surface area contributed by atoms with Gasteiger partial charge < -0.3 is 9.47 Å². The standard InChI is InChI=1S/C73H50N2/c1-5-21-51(22-6-1)54-23-19-24-55(49-54)52-39-44-60(45-40-52)74(59-29-11-4-12-30-59)61-46-41-53(42-47-61)62-31-13-14-32-63(62)56-43-48-65-64-33-16-18-37-69(64)75(71(65)50-56)70-38-20-36-68-72(70)66-34-15-17-35-67(66)73(68,57-25-7-2-8-26-57)58-27-9-3-10-28-58/h1-50H. The van der Waals surface area contributed by atoms with Crippen molar-refractivity contribution in [2.75, 3.05) is 4.90 Å². The van der Waals surface area contributed by atoms with Crippen molar-refractivity contribution >= 4 is 38.9 Å². The molecule has 75 heavy (non-hydrogen) atoms. The Bertz CT molecular complexity index is 4160. The first-order chi connectivity index (χ1) is 37.2. The number of hydrogen-bond donors (Lipinski definition) is 0. The Balaban J connectivity index is 0.866. The summed E-state index contributed by atoms with van der Waals surface area (Å²) in [6, 6.07) is 111. The van der Waals surface area contributed by atoms with Gasteiger partial charge in [-0.15, -0.1) is 0 Å². The van der Waals surface area contributed by atoms with Crippen LogP contribution in [-0.4, -0.2) is 4.57 Å². The quantitative estimate of drug-likeness (QED) is 0.133. The van der Waals surface area contributed by atoms with Gasteiger partial charge in [0.1, 0.15) is 0 Å². The minimum absolute atomic E-state index is 0.498. The van der Waals surface area contributed by atoms with Crippen LogP contribution < -0.4 is 4.90 Å². The monoisotopic (exact) mass is 954 g/mol. The fourth-order valence-electron chi connectivity index (χ4n) is 12.2. The molecule has 0 bridgehead atoms. The molecule has 0 amide bonds. The van der Waals surface area contributed by atoms with E-state index in [1.807, 2.05) is 0 Å². The average Bonchev–Trinajstić information content (AvgIpc) is 4.06. The lowest BCUT2D eigenvalue weighted by Gasteiger charge is -2.34. The molecule has 0 spiro atoms. The Hall–Kier alpha value is -9.76. The SMILES string of the molecule is c1ccc(-c2cccc(-c3ccc(N(c4ccccc4)c4ccc(-c5ccccc5-c5ccc6c7ccccc7n(-c7cccc8c7-c7ccccc7C8(c7ccccc7)c7ccccc7)c6c5)cc4)cc3)c2)cc1. The van der Waals surface area contributed by atoms with Gasteiger partial charge in [0.05, 0.1) is 22.1 Å². The predicted molar refractivity (Wildman–Crippen MR) is 315 cm³/mol. The van der Waals surface area contributed by atoms with Gasteiger partial charge in [-0.1, -0.05) is 243 Å². The molecule has 14 rings (SSSR count). The largest absolute Gasteiger partial charge is 0.311 e. The van der Waals surface area contributed by atoms with E-state index >= 15 is 0 Å². The van der Waals surface area contributed by atoms with Crippen LogP contribution in [0.5, 0.6) is 0 Å². The first-order valence-corrected chi connectivity index (χ1v) is 25.9. The first-order valence-electron chi connectivity index (χ1n) is 25.9. The molecule has 0 aliphatic heterocycles. The van der Waals surface area contributed by atoms with Crippen molar-refractivity contribution < 1.29 is 0 Å². The number of rotatable bonds is 10. The molecule has 1 aromatic heterocycles. The van der Waals surface area contributed by atoms with Gasteiger partial charge in [-0.25, -0.2) is 0 Å². The Morgan fingerprint density at radius 2 is 0.720 bits per heavy atom. The molecule has 0 unspecified atom stereocenters. The number of para-hydroxylation sites is 2. The molecule has 0 N–H and O–H groups in total. The maximum Gasteiger partial charge on any atom is 0.0714 e. The van der Waals surface area contributed by atoms with Gasteiger partial charge in [-0.3, -0.25) is 0 Å². The average molecular weight is 955 g/mol. The van der Waals surface area contributed by atoms with Gasteiger partial charge in [0.25, 0.3) is 0 Å². The van der Waals surface area contributed by atoms with E-state index in [1.165, 1.54) is 99.8 Å². The summed E-state index contributed by atoms with van der Waals surface area (Å²) in [4.78, 5) is 2.34. The van der Waals surface area contributed by atoms with Crippen LogP contribution >= 0.6 is 0 Å². The molecular weight excluding hydrogens is 905 g/mol. The Morgan fingerprint density at radius 3 is 1.39 bits per heavy atom. The number of fused-ring (bicyclic) bond motifs is 6. The fourth-order valence-corrected chi connectivity index (χ4v) is 12.2. The summed E-state index contributed by atoms with van der Waals surface area (Å²) in [6.45, 7) is 0. The molecule has 1 aliphatic carbocycles. The van der Waals surface area contributed by atoms with Crippen molar-refractivity contribution in [1.29, 1.82) is 0 Å². The van der Waals surface area contributed by atoms with Gasteiger partial charge in [-0.2, -0.15) is 0 Å². The third-order valence-corrected chi connectivity index (χ3v) is 15.5. The van der Waals surface area contributed by atoms with E-state index in [0.29, 0.717) is 0 Å². The van der Waals surface area contributed by atoms with E-state index in [9.17, 15) is 0 Å². The second-order valence-electron chi connectivity index (χ2n) is 19.6. The van der Waals surface area contributed by atoms with Crippen LogP contribution in [0.2, 0.25) is 0 Å². The van der Waals surface area contributed by atoms with Crippen LogP contribution in [0.25, 0.3) is 83.1 Å². The third-order valence-electron chi connectivity index (χ3n) is 15.5. The normalized spacial score (nSPS) is 12.4. The smallest absolute Gasteiger partial charge is 0.0714 e. The minimum atomic E-state index is -0.498. The number of nitrogens with zero attached hydrogens (tertiary/aromatic N) is 2. The van der Waals surface area contributed by atoms with Crippen LogP contribution in [-0.2, 0) is 5.41 Å². The van der Waals surface area contributed by atoms with Crippen molar-refractivity contribution in [2.24, 2.45) is 0 Å². The van der Waals surface area contributed by atoms with E-state index in [2.05, 4.69) is 313 Å². The van der Waals surface area contributed by atoms with Crippen molar-refractivity contribution in [1.82, 2.24) is 4.57 Å². The zero-order valence-corrected chi connectivity index (χ0v) is 41.3. The maximum atomic E-state index is 2.53. The zero-order valence-electron chi connectivity index (χ0n) is 41.3. The fraction of sp³-hybridized carbons (Fsp3) is 0.0137. The van der Waals surface area contributed by atoms with Gasteiger partial charge in [0.2, 0.25) is 0 Å². The molecule has 0 radical (unpaired) electrons. The predicted octanol–water partition coefficient (Wildman–Crippen LogP) is 19.3. The Labute approximate surface area is 438 Å². The number of aromatic nitrogens is 1. The van der Waals surface area contributed by atoms with Crippen LogP contribution in [0, 0.1) is 0 Å². The summed E-state index contributed by atoms with van der Waals surface area (Å²) in [5.41, 5.74) is 23.5. The minimum Gasteiger partial charge on any atom is -0.311 e. The van der Waals surface area contributed by atoms with Gasteiger partial charge >= 0.3 is 0 Å². The molecule has 0 saturated heterocycles. The number of benzene rings is 12. The van der Waals surface area contributed by atoms with Crippen molar-refractivity contribution in [2.45, 2.75) is 5.41 Å². The highest BCUT2D eigenvalue weighted by Crippen LogP contribution is 2.58. The summed E-state index contributed by atoms with van der Waals surface area (Å²) in [6.07, 6.45) is 0. The Kier molecular flexibility index (Phi) is 10.8. The highest BCUT2D eigenvalue weighted by atomic mass is 15.1. The lowest BCUT2D eigenvalue weighted by molar-refractivity contribution is 0.768. The molecule has 0 saturated carbocycles. The van der Waals surface area contributed by atoms with Gasteiger partial charge in [0, 0.05) is 33.4 Å². The van der Waals surface area contributed by atoms with Crippen LogP contribution in [0.3, 0.4) is 0 Å². The molecule has 12 aromatic carbocycles. The number of anilines is 3. The van der Waals surface area contributed by atoms with Crippen molar-refractivity contribution in [3.05, 3.63) is 326 Å². The van der Waals surface area contributed by atoms with Gasteiger partial charge in [0.15, 0.2) is 0 Å². The zero-order chi connectivity index (χ0) is 49.7. The lowest BCUT2D eigenvalue weighted by Crippen LogP contribution is -2.28. The molecule has 13 aromatic rings. The van der Waals surface area contributed by atoms with E-state index in [0.717, 1.165) is 22.6 Å². The molecule has 0 atom stereocenters. The van der Waals surface area contributed by atoms with Crippen molar-refractivity contribution in [3.8, 4) is 61.3 Å². The van der Waals surface area contributed by atoms with Gasteiger partial charge in [-0.05, 0) is 133 Å². The van der Waals surface area contributed by atoms with Crippen LogP contribution in [0.4, 0.5) is 17.1 Å². The van der Waals surface area contributed by atoms with Crippen molar-refractivity contribution in [3.63, 3.8) is 0 Å². The lowest BCUT2D eigenvalue weighted by atomic mass is 9.68. The topological polar surface area (TPSA) is 8.17 Å². The summed E-state index contributed by atoms with van der Waals surface area (Å²) in [7, 11) is 0. The van der Waals surface area contributed by atoms with E-state index in [4.69, 9.17) is 0 Å². The first kappa shape index (κ1) is 44.0. The molecule has 1 aliphatic rings. The molecule has 2 heteroatoms. The third kappa shape index (κ3) is 7.33. The maximum absolute atomic E-state index is 2.53. The molecular formula is C73H50N2. The molecule has 0 fully saturated rings. The van der Waals surface area contributed by atoms with E-state index < -0.39 is 5.41 Å². The molecule has 1 heterocycles. The van der Waals surface area contributed by atoms with E-state index in [-0.39, 0.29) is 0 Å². The molecule has 352 valence electrons. The highest BCUT2D eigenvalue weighted by Gasteiger charge is 2.47. The van der Waals surface area contributed by atoms with Crippen LogP contribution in [0.1, 0.15) is 22.3 Å². The Morgan fingerprint density at radius 1 is 0.267 bits per heavy atom. The summed E-state index contributed by atoms with van der Waals surface area (Å²) >= 11 is 0. The number of hydrogen-bond acceptors (Lipinski definition) is 1. The van der Waals surface area contributed by atoms with E-state index in [1.54, 1.807) is 0 Å². The summed E-state index contributed by atoms with van der Waals surface area (Å²) in [5.74, 6) is 0. The summed E-state index contributed by atoms with van der Waals surface area (Å²) in [5, 5.41) is 2.46. The van der Waals surface area contributed by atoms with Crippen LogP contribution in [0.15, 0.2) is 303 Å². The second kappa shape index (κ2) is 18.4.